The summed E-state index contributed by atoms with van der Waals surface area (Å²) in [6.07, 6.45) is 2.84. The number of hydrogen-bond acceptors (Lipinski definition) is 4. The summed E-state index contributed by atoms with van der Waals surface area (Å²) < 4.78 is 4.67. The van der Waals surface area contributed by atoms with E-state index in [0.29, 0.717) is 25.6 Å². The minimum Gasteiger partial charge on any atom is -0.469 e. The summed E-state index contributed by atoms with van der Waals surface area (Å²) in [5, 5.41) is 6.44. The van der Waals surface area contributed by atoms with Gasteiger partial charge < -0.3 is 15.4 Å². The highest BCUT2D eigenvalue weighted by molar-refractivity contribution is 14.0. The van der Waals surface area contributed by atoms with Crippen molar-refractivity contribution in [2.45, 2.75) is 32.2 Å². The molecule has 1 heterocycles. The molecule has 0 aliphatic carbocycles. The molecule has 1 aromatic carbocycles. The Labute approximate surface area is 173 Å². The molecule has 6 nitrogen and oxygen atoms in total. The number of ether oxygens (including phenoxy) is 1. The van der Waals surface area contributed by atoms with Crippen LogP contribution in [-0.4, -0.2) is 56.7 Å². The summed E-state index contributed by atoms with van der Waals surface area (Å²) in [5.74, 6) is 0.522. The van der Waals surface area contributed by atoms with E-state index < -0.39 is 0 Å². The van der Waals surface area contributed by atoms with Gasteiger partial charge in [0.15, 0.2) is 5.96 Å². The molecule has 1 atom stereocenters. The first kappa shape index (κ1) is 22.7. The molecule has 0 aromatic heterocycles. The molecule has 0 radical (unpaired) electrons. The summed E-state index contributed by atoms with van der Waals surface area (Å²) in [7, 11) is 1.40. The smallest absolute Gasteiger partial charge is 0.307 e. The van der Waals surface area contributed by atoms with E-state index in [4.69, 9.17) is 4.99 Å². The number of carbonyl (C=O) groups excluding carboxylic acids is 1. The molecule has 2 rings (SSSR count). The molecule has 0 amide bonds. The Morgan fingerprint density at radius 1 is 1.23 bits per heavy atom. The second kappa shape index (κ2) is 12.9. The number of benzene rings is 1. The molecule has 0 bridgehead atoms. The van der Waals surface area contributed by atoms with Crippen LogP contribution in [0.15, 0.2) is 35.3 Å². The average Bonchev–Trinajstić information content (AvgIpc) is 3.17. The summed E-state index contributed by atoms with van der Waals surface area (Å²) in [5.41, 5.74) is 1.30. The third-order valence-electron chi connectivity index (χ3n) is 4.38. The van der Waals surface area contributed by atoms with Crippen LogP contribution in [0.3, 0.4) is 0 Å². The van der Waals surface area contributed by atoms with Gasteiger partial charge in [-0.15, -0.1) is 24.0 Å². The maximum absolute atomic E-state index is 11.2. The summed E-state index contributed by atoms with van der Waals surface area (Å²) in [6.45, 7) is 6.27. The van der Waals surface area contributed by atoms with E-state index in [-0.39, 0.29) is 29.9 Å². The van der Waals surface area contributed by atoms with E-state index in [1.807, 2.05) is 13.0 Å². The van der Waals surface area contributed by atoms with Crippen LogP contribution in [0.1, 0.15) is 37.8 Å². The van der Waals surface area contributed by atoms with E-state index in [0.717, 1.165) is 25.6 Å². The van der Waals surface area contributed by atoms with Gasteiger partial charge in [0, 0.05) is 13.1 Å². The predicted molar refractivity (Wildman–Crippen MR) is 116 cm³/mol. The number of likely N-dealkylation sites (tertiary alicyclic amines) is 1. The summed E-state index contributed by atoms with van der Waals surface area (Å²) in [4.78, 5) is 18.5. The molecular weight excluding hydrogens is 443 g/mol. The molecule has 1 aromatic rings. The van der Waals surface area contributed by atoms with Gasteiger partial charge in [0.05, 0.1) is 26.1 Å². The van der Waals surface area contributed by atoms with Gasteiger partial charge in [-0.25, -0.2) is 0 Å². The van der Waals surface area contributed by atoms with Crippen molar-refractivity contribution in [3.05, 3.63) is 35.9 Å². The highest BCUT2D eigenvalue weighted by atomic mass is 127. The number of guanidine groups is 1. The number of halogens is 1. The zero-order valence-corrected chi connectivity index (χ0v) is 18.1. The lowest BCUT2D eigenvalue weighted by Gasteiger charge is -2.27. The molecular formula is C19H31IN4O2. The van der Waals surface area contributed by atoms with Crippen LogP contribution in [0.5, 0.6) is 0 Å². The van der Waals surface area contributed by atoms with Gasteiger partial charge in [-0.3, -0.25) is 14.7 Å². The standard InChI is InChI=1S/C19H30N4O2.HI/c1-3-20-19(21-12-11-18(24)25-2)22-15-17(23-13-7-8-14-23)16-9-5-4-6-10-16;/h4-6,9-10,17H,3,7-8,11-15H2,1-2H3,(H2,20,21,22);1H. The maximum atomic E-state index is 11.2. The first-order valence-electron chi connectivity index (χ1n) is 9.12. The lowest BCUT2D eigenvalue weighted by molar-refractivity contribution is -0.140. The maximum Gasteiger partial charge on any atom is 0.307 e. The molecule has 26 heavy (non-hydrogen) atoms. The van der Waals surface area contributed by atoms with Crippen molar-refractivity contribution in [2.24, 2.45) is 4.99 Å². The Morgan fingerprint density at radius 3 is 2.54 bits per heavy atom. The number of aliphatic imine (C=N–C) groups is 1. The Bertz CT molecular complexity index is 548. The monoisotopic (exact) mass is 474 g/mol. The third-order valence-corrected chi connectivity index (χ3v) is 4.38. The van der Waals surface area contributed by atoms with Crippen molar-refractivity contribution in [3.8, 4) is 0 Å². The van der Waals surface area contributed by atoms with E-state index in [1.54, 1.807) is 0 Å². The molecule has 1 unspecified atom stereocenters. The van der Waals surface area contributed by atoms with Gasteiger partial charge in [0.25, 0.3) is 0 Å². The first-order valence-corrected chi connectivity index (χ1v) is 9.12. The second-order valence-corrected chi connectivity index (χ2v) is 6.14. The molecule has 1 aliphatic heterocycles. The van der Waals surface area contributed by atoms with Crippen LogP contribution in [0, 0.1) is 0 Å². The summed E-state index contributed by atoms with van der Waals surface area (Å²) in [6, 6.07) is 10.9. The van der Waals surface area contributed by atoms with Crippen molar-refractivity contribution in [1.82, 2.24) is 15.5 Å². The van der Waals surface area contributed by atoms with Gasteiger partial charge in [0.2, 0.25) is 0 Å². The second-order valence-electron chi connectivity index (χ2n) is 6.14. The zero-order chi connectivity index (χ0) is 17.9. The van der Waals surface area contributed by atoms with E-state index in [2.05, 4.69) is 44.5 Å². The number of methoxy groups -OCH3 is 1. The van der Waals surface area contributed by atoms with Crippen molar-refractivity contribution in [2.75, 3.05) is 39.8 Å². The Balaban J connectivity index is 0.00000338. The fourth-order valence-corrected chi connectivity index (χ4v) is 3.06. The van der Waals surface area contributed by atoms with Gasteiger partial charge in [-0.2, -0.15) is 0 Å². The number of nitrogens with one attached hydrogen (secondary N) is 2. The fraction of sp³-hybridized carbons (Fsp3) is 0.579. The van der Waals surface area contributed by atoms with Crippen LogP contribution in [0.4, 0.5) is 0 Å². The van der Waals surface area contributed by atoms with Crippen molar-refractivity contribution >= 4 is 35.9 Å². The van der Waals surface area contributed by atoms with Crippen LogP contribution in [0.2, 0.25) is 0 Å². The molecule has 1 saturated heterocycles. The topological polar surface area (TPSA) is 66.0 Å². The largest absolute Gasteiger partial charge is 0.469 e. The van der Waals surface area contributed by atoms with E-state index in [9.17, 15) is 4.79 Å². The Morgan fingerprint density at radius 2 is 1.92 bits per heavy atom. The summed E-state index contributed by atoms with van der Waals surface area (Å²) >= 11 is 0. The zero-order valence-electron chi connectivity index (χ0n) is 15.7. The molecule has 1 aliphatic rings. The lowest BCUT2D eigenvalue weighted by atomic mass is 10.1. The third kappa shape index (κ3) is 7.49. The normalized spacial score (nSPS) is 15.8. The number of hydrogen-bond donors (Lipinski definition) is 2. The van der Waals surface area contributed by atoms with Crippen molar-refractivity contribution in [1.29, 1.82) is 0 Å². The van der Waals surface area contributed by atoms with Crippen LogP contribution >= 0.6 is 24.0 Å². The Kier molecular flexibility index (Phi) is 11.3. The molecule has 146 valence electrons. The highest BCUT2D eigenvalue weighted by Gasteiger charge is 2.23. The molecule has 1 fully saturated rings. The van der Waals surface area contributed by atoms with E-state index >= 15 is 0 Å². The van der Waals surface area contributed by atoms with Crippen molar-refractivity contribution < 1.29 is 9.53 Å². The number of carbonyl (C=O) groups is 1. The number of nitrogens with zero attached hydrogens (tertiary/aromatic N) is 2. The predicted octanol–water partition coefficient (Wildman–Crippen LogP) is 2.56. The van der Waals surface area contributed by atoms with Crippen LogP contribution in [0.25, 0.3) is 0 Å². The molecule has 0 spiro atoms. The van der Waals surface area contributed by atoms with Crippen LogP contribution < -0.4 is 10.6 Å². The Hall–Kier alpha value is -1.35. The number of esters is 1. The SMILES string of the molecule is CCNC(=NCC(c1ccccc1)N1CCCC1)NCCC(=O)OC.I. The van der Waals surface area contributed by atoms with Gasteiger partial charge >= 0.3 is 5.97 Å². The molecule has 2 N–H and O–H groups in total. The molecule has 0 saturated carbocycles. The highest BCUT2D eigenvalue weighted by Crippen LogP contribution is 2.25. The minimum absolute atomic E-state index is 0. The average molecular weight is 474 g/mol. The lowest BCUT2D eigenvalue weighted by Crippen LogP contribution is -2.39. The first-order chi connectivity index (χ1) is 12.2. The quantitative estimate of drug-likeness (QED) is 0.263. The minimum atomic E-state index is -0.220. The van der Waals surface area contributed by atoms with Crippen LogP contribution in [-0.2, 0) is 9.53 Å². The van der Waals surface area contributed by atoms with E-state index in [1.165, 1.54) is 25.5 Å². The molecule has 7 heteroatoms. The van der Waals surface area contributed by atoms with Gasteiger partial charge in [0.1, 0.15) is 0 Å². The number of rotatable bonds is 8. The van der Waals surface area contributed by atoms with Gasteiger partial charge in [-0.1, -0.05) is 30.3 Å². The fourth-order valence-electron chi connectivity index (χ4n) is 3.06. The van der Waals surface area contributed by atoms with Crippen molar-refractivity contribution in [3.63, 3.8) is 0 Å². The van der Waals surface area contributed by atoms with Gasteiger partial charge in [-0.05, 0) is 38.4 Å².